The van der Waals surface area contributed by atoms with Gasteiger partial charge in [-0.3, -0.25) is 4.79 Å². The number of aliphatic hydroxyl groups excluding tert-OH is 1. The molecule has 0 fully saturated rings. The quantitative estimate of drug-likeness (QED) is 0.798. The van der Waals surface area contributed by atoms with Gasteiger partial charge in [0.1, 0.15) is 4.90 Å². The second-order valence-electron chi connectivity index (χ2n) is 5.05. The number of carbonyl (C=O) groups is 1. The van der Waals surface area contributed by atoms with Crippen LogP contribution in [-0.2, 0) is 21.2 Å². The summed E-state index contributed by atoms with van der Waals surface area (Å²) in [7, 11) is -4.00. The minimum atomic E-state index is -4.00. The second-order valence-corrected chi connectivity index (χ2v) is 7.56. The zero-order chi connectivity index (χ0) is 16.5. The van der Waals surface area contributed by atoms with Crippen LogP contribution in [0.3, 0.4) is 0 Å². The fourth-order valence-corrected chi connectivity index (χ4v) is 4.47. The van der Waals surface area contributed by atoms with Crippen molar-refractivity contribution < 1.29 is 18.3 Å². The molecule has 0 spiro atoms. The molecule has 1 aliphatic heterocycles. The summed E-state index contributed by atoms with van der Waals surface area (Å²) in [5.41, 5.74) is 2.63. The summed E-state index contributed by atoms with van der Waals surface area (Å²) in [5, 5.41) is 8.70. The van der Waals surface area contributed by atoms with Gasteiger partial charge in [-0.2, -0.15) is 0 Å². The topological polar surface area (TPSA) is 86.7 Å². The van der Waals surface area contributed by atoms with Crippen LogP contribution in [0.1, 0.15) is 18.9 Å². The minimum absolute atomic E-state index is 0.00862. The van der Waals surface area contributed by atoms with Crippen LogP contribution in [0.4, 0.5) is 5.69 Å². The van der Waals surface area contributed by atoms with E-state index in [1.807, 2.05) is 16.5 Å². The molecule has 0 aliphatic carbocycles. The van der Waals surface area contributed by atoms with Crippen molar-refractivity contribution in [2.24, 2.45) is 0 Å². The third-order valence-corrected chi connectivity index (χ3v) is 5.70. The van der Waals surface area contributed by atoms with Crippen LogP contribution in [-0.4, -0.2) is 32.6 Å². The van der Waals surface area contributed by atoms with Gasteiger partial charge in [-0.05, 0) is 47.0 Å². The Bertz CT molecular complexity index is 731. The van der Waals surface area contributed by atoms with Crippen molar-refractivity contribution in [2.75, 3.05) is 18.1 Å². The third-order valence-electron chi connectivity index (χ3n) is 3.37. The first-order valence-corrected chi connectivity index (χ1v) is 8.96. The average Bonchev–Trinajstić information content (AvgIpc) is 2.79. The molecule has 1 amide bonds. The molecule has 2 rings (SSSR count). The molecule has 8 heteroatoms. The van der Waals surface area contributed by atoms with Crippen molar-refractivity contribution in [3.8, 4) is 0 Å². The second kappa shape index (κ2) is 6.39. The number of carbonyl (C=O) groups excluding carboxylic acids is 1. The van der Waals surface area contributed by atoms with E-state index < -0.39 is 22.5 Å². The van der Waals surface area contributed by atoms with E-state index in [1.54, 1.807) is 6.07 Å². The largest absolute Gasteiger partial charge is 0.396 e. The molecular weight excluding hydrogens is 372 g/mol. The Balaban J connectivity index is 2.42. The van der Waals surface area contributed by atoms with Crippen molar-refractivity contribution >= 4 is 37.5 Å². The molecule has 22 heavy (non-hydrogen) atoms. The number of hydrogen-bond acceptors (Lipinski definition) is 5. The van der Waals surface area contributed by atoms with Crippen LogP contribution in [0.5, 0.6) is 0 Å². The van der Waals surface area contributed by atoms with Crippen molar-refractivity contribution in [3.05, 3.63) is 34.4 Å². The molecule has 6 nitrogen and oxygen atoms in total. The number of allylic oxidation sites excluding steroid dienone is 1. The van der Waals surface area contributed by atoms with Gasteiger partial charge in [0.05, 0.1) is 13.0 Å². The van der Waals surface area contributed by atoms with E-state index in [1.165, 1.54) is 6.07 Å². The number of benzene rings is 1. The first kappa shape index (κ1) is 17.0. The van der Waals surface area contributed by atoms with Crippen LogP contribution in [0, 0.1) is 0 Å². The highest BCUT2D eigenvalue weighted by molar-refractivity contribution is 9.10. The van der Waals surface area contributed by atoms with Gasteiger partial charge in [0.15, 0.2) is 0 Å². The van der Waals surface area contributed by atoms with E-state index in [4.69, 9.17) is 5.11 Å². The number of halogens is 1. The zero-order valence-corrected chi connectivity index (χ0v) is 14.5. The van der Waals surface area contributed by atoms with E-state index in [-0.39, 0.29) is 11.3 Å². The molecule has 0 unspecified atom stereocenters. The molecule has 2 N–H and O–H groups in total. The third kappa shape index (κ3) is 3.34. The molecule has 0 radical (unpaired) electrons. The molecule has 0 atom stereocenters. The fourth-order valence-electron chi connectivity index (χ4n) is 2.35. The normalized spacial score (nSPS) is 13.9. The first-order chi connectivity index (χ1) is 10.3. The van der Waals surface area contributed by atoms with E-state index in [0.29, 0.717) is 4.47 Å². The molecule has 1 aromatic rings. The van der Waals surface area contributed by atoms with Gasteiger partial charge < -0.3 is 10.0 Å². The summed E-state index contributed by atoms with van der Waals surface area (Å²) < 4.78 is 27.0. The lowest BCUT2D eigenvalue weighted by atomic mass is 10.2. The number of nitrogens with zero attached hydrogens (tertiary/aromatic N) is 1. The van der Waals surface area contributed by atoms with Gasteiger partial charge >= 0.3 is 0 Å². The Labute approximate surface area is 138 Å². The smallest absolute Gasteiger partial charge is 0.265 e. The minimum Gasteiger partial charge on any atom is -0.396 e. The van der Waals surface area contributed by atoms with E-state index in [9.17, 15) is 13.2 Å². The van der Waals surface area contributed by atoms with Crippen molar-refractivity contribution in [1.82, 2.24) is 4.72 Å². The van der Waals surface area contributed by atoms with Crippen LogP contribution >= 0.6 is 15.9 Å². The van der Waals surface area contributed by atoms with Crippen molar-refractivity contribution in [1.29, 1.82) is 0 Å². The molecular formula is C14H17BrN2O4S. The number of aliphatic hydroxyl groups is 1. The Morgan fingerprint density at radius 1 is 1.50 bits per heavy atom. The van der Waals surface area contributed by atoms with Crippen molar-refractivity contribution in [2.45, 2.75) is 24.7 Å². The van der Waals surface area contributed by atoms with Crippen LogP contribution < -0.4 is 9.62 Å². The maximum atomic E-state index is 12.3. The summed E-state index contributed by atoms with van der Waals surface area (Å²) in [4.78, 5) is 13.4. The molecule has 0 aromatic heterocycles. The number of hydrogen-bond donors (Lipinski definition) is 2. The molecule has 1 aromatic carbocycles. The van der Waals surface area contributed by atoms with Gasteiger partial charge in [0.2, 0.25) is 5.91 Å². The van der Waals surface area contributed by atoms with Gasteiger partial charge in [0.25, 0.3) is 10.0 Å². The Morgan fingerprint density at radius 3 is 2.77 bits per heavy atom. The summed E-state index contributed by atoms with van der Waals surface area (Å²) >= 11 is 3.25. The highest BCUT2D eigenvalue weighted by Crippen LogP contribution is 2.36. The van der Waals surface area contributed by atoms with Crippen LogP contribution in [0.2, 0.25) is 0 Å². The predicted molar refractivity (Wildman–Crippen MR) is 87.0 cm³/mol. The number of rotatable bonds is 5. The lowest BCUT2D eigenvalue weighted by molar-refractivity contribution is -0.119. The highest BCUT2D eigenvalue weighted by Gasteiger charge is 2.27. The summed E-state index contributed by atoms with van der Waals surface area (Å²) in [6.45, 7) is 6.09. The summed E-state index contributed by atoms with van der Waals surface area (Å²) in [6, 6.07) is 3.29. The Morgan fingerprint density at radius 2 is 2.18 bits per heavy atom. The Hall–Kier alpha value is -1.38. The first-order valence-electron chi connectivity index (χ1n) is 6.68. The average molecular weight is 389 g/mol. The maximum absolute atomic E-state index is 12.3. The number of anilines is 1. The van der Waals surface area contributed by atoms with Gasteiger partial charge in [0, 0.05) is 22.4 Å². The summed E-state index contributed by atoms with van der Waals surface area (Å²) in [6.07, 6.45) is 0.539. The van der Waals surface area contributed by atoms with Gasteiger partial charge in [-0.1, -0.05) is 6.58 Å². The van der Waals surface area contributed by atoms with Crippen molar-refractivity contribution in [3.63, 3.8) is 0 Å². The molecule has 0 saturated heterocycles. The molecule has 0 bridgehead atoms. The predicted octanol–water partition coefficient (Wildman–Crippen LogP) is 1.53. The molecule has 1 aliphatic rings. The van der Waals surface area contributed by atoms with E-state index >= 15 is 0 Å². The zero-order valence-electron chi connectivity index (χ0n) is 12.1. The standard InChI is InChI=1S/C14H17BrN2O4S/c1-9(2)17-5-3-10-7-11(15)13(8-12(10)17)22(20,21)16-14(19)4-6-18/h7-8,18H,1,3-6H2,2H3,(H,16,19). The Kier molecular flexibility index (Phi) is 4.93. The van der Waals surface area contributed by atoms with Gasteiger partial charge in [-0.15, -0.1) is 0 Å². The van der Waals surface area contributed by atoms with E-state index in [0.717, 1.165) is 29.9 Å². The van der Waals surface area contributed by atoms with Crippen LogP contribution in [0.15, 0.2) is 33.8 Å². The summed E-state index contributed by atoms with van der Waals surface area (Å²) in [5.74, 6) is -0.744. The maximum Gasteiger partial charge on any atom is 0.265 e. The van der Waals surface area contributed by atoms with E-state index in [2.05, 4.69) is 22.5 Å². The fraction of sp³-hybridized carbons (Fsp3) is 0.357. The van der Waals surface area contributed by atoms with Gasteiger partial charge in [-0.25, -0.2) is 13.1 Å². The van der Waals surface area contributed by atoms with Crippen LogP contribution in [0.25, 0.3) is 0 Å². The number of sulfonamides is 1. The lowest BCUT2D eigenvalue weighted by Gasteiger charge is -2.20. The number of fused-ring (bicyclic) bond motifs is 1. The molecule has 0 saturated carbocycles. The number of amides is 1. The molecule has 120 valence electrons. The number of nitrogens with one attached hydrogen (secondary N) is 1. The lowest BCUT2D eigenvalue weighted by Crippen LogP contribution is -2.31. The monoisotopic (exact) mass is 388 g/mol. The highest BCUT2D eigenvalue weighted by atomic mass is 79.9. The SMILES string of the molecule is C=C(C)N1CCc2cc(Br)c(S(=O)(=O)NC(=O)CCO)cc21. The molecule has 1 heterocycles.